The molecule has 1 aliphatic rings. The van der Waals surface area contributed by atoms with E-state index in [1.807, 2.05) is 34.8 Å². The molecule has 0 spiro atoms. The summed E-state index contributed by atoms with van der Waals surface area (Å²) in [7, 11) is 0. The molecule has 8 heteroatoms. The molecule has 1 aromatic carbocycles. The van der Waals surface area contributed by atoms with Crippen molar-refractivity contribution in [1.82, 2.24) is 14.8 Å². The maximum absolute atomic E-state index is 5.91. The summed E-state index contributed by atoms with van der Waals surface area (Å²) >= 11 is 5.51. The largest absolute Gasteiger partial charge is 0.378 e. The lowest BCUT2D eigenvalue weighted by molar-refractivity contribution is 0.0844. The Kier molecular flexibility index (Phi) is 7.30. The van der Waals surface area contributed by atoms with Crippen LogP contribution in [0.15, 0.2) is 41.0 Å². The molecular formula is C22H27BrN4O2S. The van der Waals surface area contributed by atoms with Crippen molar-refractivity contribution in [3.8, 4) is 11.3 Å². The summed E-state index contributed by atoms with van der Waals surface area (Å²) in [5, 5.41) is 6.63. The van der Waals surface area contributed by atoms with E-state index in [9.17, 15) is 0 Å². The average molecular weight is 491 g/mol. The molecule has 0 bridgehead atoms. The van der Waals surface area contributed by atoms with E-state index in [0.717, 1.165) is 64.5 Å². The van der Waals surface area contributed by atoms with Crippen LogP contribution in [-0.4, -0.2) is 58.7 Å². The van der Waals surface area contributed by atoms with Crippen LogP contribution in [0.3, 0.4) is 0 Å². The van der Waals surface area contributed by atoms with Gasteiger partial charge in [-0.25, -0.2) is 9.67 Å². The molecule has 0 atom stereocenters. The lowest BCUT2D eigenvalue weighted by Gasteiger charge is -2.27. The van der Waals surface area contributed by atoms with Crippen LogP contribution < -0.4 is 4.90 Å². The third-order valence-electron chi connectivity index (χ3n) is 4.96. The van der Waals surface area contributed by atoms with Crippen LogP contribution in [-0.2, 0) is 16.2 Å². The lowest BCUT2D eigenvalue weighted by atomic mass is 10.1. The number of morpholine rings is 1. The molecule has 0 saturated carbocycles. The molecule has 3 aromatic rings. The first-order valence-corrected chi connectivity index (χ1v) is 12.1. The van der Waals surface area contributed by atoms with E-state index in [1.54, 1.807) is 0 Å². The minimum atomic E-state index is 0.443. The summed E-state index contributed by atoms with van der Waals surface area (Å²) in [5.74, 6) is 1.96. The Morgan fingerprint density at radius 1 is 1.20 bits per heavy atom. The number of benzene rings is 1. The second-order valence-electron chi connectivity index (χ2n) is 7.47. The van der Waals surface area contributed by atoms with E-state index < -0.39 is 0 Å². The fourth-order valence-corrected chi connectivity index (χ4v) is 4.53. The number of anilines is 1. The number of pyridine rings is 1. The quantitative estimate of drug-likeness (QED) is 0.422. The third kappa shape index (κ3) is 5.17. The van der Waals surface area contributed by atoms with Gasteiger partial charge in [0.25, 0.3) is 0 Å². The summed E-state index contributed by atoms with van der Waals surface area (Å²) < 4.78 is 14.4. The molecule has 4 rings (SSSR count). The van der Waals surface area contributed by atoms with Crippen LogP contribution in [0.5, 0.6) is 0 Å². The highest BCUT2D eigenvalue weighted by Crippen LogP contribution is 2.31. The predicted molar refractivity (Wildman–Crippen MR) is 127 cm³/mol. The van der Waals surface area contributed by atoms with Gasteiger partial charge in [-0.1, -0.05) is 29.8 Å². The molecule has 6 nitrogen and oxygen atoms in total. The van der Waals surface area contributed by atoms with Gasteiger partial charge in [0, 0.05) is 40.5 Å². The number of ether oxygens (including phenoxy) is 2. The van der Waals surface area contributed by atoms with Crippen molar-refractivity contribution >= 4 is 44.4 Å². The Labute approximate surface area is 190 Å². The molecule has 1 aliphatic heterocycles. The van der Waals surface area contributed by atoms with Crippen LogP contribution >= 0.6 is 27.7 Å². The summed E-state index contributed by atoms with van der Waals surface area (Å²) in [6.07, 6.45) is 1.86. The maximum atomic E-state index is 5.91. The van der Waals surface area contributed by atoms with Gasteiger partial charge in [-0.15, -0.1) is 0 Å². The summed E-state index contributed by atoms with van der Waals surface area (Å²) in [6.45, 7) is 8.76. The van der Waals surface area contributed by atoms with Crippen molar-refractivity contribution < 1.29 is 9.47 Å². The van der Waals surface area contributed by atoms with Crippen molar-refractivity contribution in [2.45, 2.75) is 25.8 Å². The van der Waals surface area contributed by atoms with Crippen molar-refractivity contribution in [1.29, 1.82) is 0 Å². The predicted octanol–water partition coefficient (Wildman–Crippen LogP) is 4.81. The van der Waals surface area contributed by atoms with Gasteiger partial charge in [0.15, 0.2) is 0 Å². The topological polar surface area (TPSA) is 52.4 Å². The van der Waals surface area contributed by atoms with Crippen molar-refractivity contribution in [2.24, 2.45) is 0 Å². The van der Waals surface area contributed by atoms with Gasteiger partial charge in [0.1, 0.15) is 18.2 Å². The Balaban J connectivity index is 1.60. The highest BCUT2D eigenvalue weighted by Gasteiger charge is 2.17. The van der Waals surface area contributed by atoms with E-state index in [4.69, 9.17) is 14.6 Å². The van der Waals surface area contributed by atoms with Gasteiger partial charge in [-0.05, 0) is 35.6 Å². The molecule has 0 unspecified atom stereocenters. The number of hydrogen-bond donors (Lipinski definition) is 0. The molecule has 3 heterocycles. The fraction of sp³-hybridized carbons (Fsp3) is 0.455. The monoisotopic (exact) mass is 490 g/mol. The number of nitrogens with zero attached hydrogens (tertiary/aromatic N) is 4. The second-order valence-corrected chi connectivity index (χ2v) is 10.1. The molecular weight excluding hydrogens is 464 g/mol. The molecule has 0 radical (unpaired) electrons. The average Bonchev–Trinajstić information content (AvgIpc) is 3.11. The van der Waals surface area contributed by atoms with Crippen molar-refractivity contribution in [3.05, 3.63) is 41.0 Å². The molecule has 2 aromatic heterocycles. The van der Waals surface area contributed by atoms with E-state index in [0.29, 0.717) is 18.6 Å². The molecule has 1 saturated heterocycles. The standard InChI is InChI=1S/C22H27BrN4O2S/c1-16(2)30-12-11-29-15-27-20-4-3-18(23)14-19(20)22(25-27)17-5-6-24-21(13-17)26-7-9-28-10-8-26/h3-6,13-14,16H,7-12,15H2,1-2H3. The summed E-state index contributed by atoms with van der Waals surface area (Å²) in [5.41, 5.74) is 3.07. The van der Waals surface area contributed by atoms with Crippen LogP contribution in [0.1, 0.15) is 13.8 Å². The zero-order chi connectivity index (χ0) is 20.9. The number of thioether (sulfide) groups is 1. The van der Waals surface area contributed by atoms with Crippen molar-refractivity contribution in [3.63, 3.8) is 0 Å². The Hall–Kier alpha value is -1.61. The molecule has 0 N–H and O–H groups in total. The zero-order valence-corrected chi connectivity index (χ0v) is 19.8. The van der Waals surface area contributed by atoms with Crippen LogP contribution in [0, 0.1) is 0 Å². The van der Waals surface area contributed by atoms with Gasteiger partial charge in [0.2, 0.25) is 0 Å². The number of rotatable bonds is 8. The highest BCUT2D eigenvalue weighted by atomic mass is 79.9. The Bertz CT molecular complexity index is 988. The first-order valence-electron chi connectivity index (χ1n) is 10.3. The SMILES string of the molecule is CC(C)SCCOCn1nc(-c2ccnc(N3CCOCC3)c2)c2cc(Br)ccc21. The highest BCUT2D eigenvalue weighted by molar-refractivity contribution is 9.10. The smallest absolute Gasteiger partial charge is 0.140 e. The normalized spacial score (nSPS) is 14.7. The zero-order valence-electron chi connectivity index (χ0n) is 17.4. The molecule has 160 valence electrons. The van der Waals surface area contributed by atoms with Crippen LogP contribution in [0.25, 0.3) is 22.2 Å². The van der Waals surface area contributed by atoms with Gasteiger partial charge < -0.3 is 14.4 Å². The third-order valence-corrected chi connectivity index (χ3v) is 6.52. The summed E-state index contributed by atoms with van der Waals surface area (Å²) in [4.78, 5) is 6.84. The minimum absolute atomic E-state index is 0.443. The molecule has 30 heavy (non-hydrogen) atoms. The van der Waals surface area contributed by atoms with Gasteiger partial charge in [0.05, 0.1) is 25.3 Å². The van der Waals surface area contributed by atoms with Gasteiger partial charge >= 0.3 is 0 Å². The summed E-state index contributed by atoms with van der Waals surface area (Å²) in [6, 6.07) is 10.4. The molecule has 0 amide bonds. The van der Waals surface area contributed by atoms with Crippen LogP contribution in [0.4, 0.5) is 5.82 Å². The first kappa shape index (κ1) is 21.6. The Morgan fingerprint density at radius 3 is 2.83 bits per heavy atom. The number of fused-ring (bicyclic) bond motifs is 1. The number of hydrogen-bond acceptors (Lipinski definition) is 6. The van der Waals surface area contributed by atoms with Gasteiger partial charge in [-0.3, -0.25) is 0 Å². The van der Waals surface area contributed by atoms with E-state index in [2.05, 4.69) is 57.9 Å². The fourth-order valence-electron chi connectivity index (χ4n) is 3.49. The van der Waals surface area contributed by atoms with E-state index >= 15 is 0 Å². The molecule has 1 fully saturated rings. The lowest BCUT2D eigenvalue weighted by Crippen LogP contribution is -2.36. The molecule has 0 aliphatic carbocycles. The van der Waals surface area contributed by atoms with E-state index in [1.165, 1.54) is 0 Å². The maximum Gasteiger partial charge on any atom is 0.140 e. The number of halogens is 1. The van der Waals surface area contributed by atoms with Crippen LogP contribution in [0.2, 0.25) is 0 Å². The minimum Gasteiger partial charge on any atom is -0.378 e. The second kappa shape index (κ2) is 10.1. The first-order chi connectivity index (χ1) is 14.6. The van der Waals surface area contributed by atoms with E-state index in [-0.39, 0.29) is 0 Å². The van der Waals surface area contributed by atoms with Crippen molar-refractivity contribution in [2.75, 3.05) is 43.6 Å². The number of aromatic nitrogens is 3. The van der Waals surface area contributed by atoms with Gasteiger partial charge in [-0.2, -0.15) is 16.9 Å². The Morgan fingerprint density at radius 2 is 2.03 bits per heavy atom.